The number of pyridine rings is 2. The molecule has 5 nitrogen and oxygen atoms in total. The van der Waals surface area contributed by atoms with Crippen molar-refractivity contribution in [1.29, 1.82) is 0 Å². The Morgan fingerprint density at radius 3 is 2.19 bits per heavy atom. The third-order valence-electron chi connectivity index (χ3n) is 7.91. The van der Waals surface area contributed by atoms with Gasteiger partial charge in [-0.15, -0.1) is 0 Å². The van der Waals surface area contributed by atoms with Gasteiger partial charge in [0.25, 0.3) is 0 Å². The van der Waals surface area contributed by atoms with E-state index in [1.165, 1.54) is 0 Å². The molecule has 0 atom stereocenters. The van der Waals surface area contributed by atoms with Crippen LogP contribution in [-0.2, 0) is 6.42 Å². The maximum Gasteiger partial charge on any atom is 0.180 e. The van der Waals surface area contributed by atoms with Crippen LogP contribution in [0.1, 0.15) is 18.3 Å². The highest BCUT2D eigenvalue weighted by Crippen LogP contribution is 2.37. The van der Waals surface area contributed by atoms with Crippen LogP contribution in [0, 0.1) is 6.92 Å². The quantitative estimate of drug-likeness (QED) is 0.207. The Kier molecular flexibility index (Phi) is 5.57. The summed E-state index contributed by atoms with van der Waals surface area (Å²) in [5.41, 5.74) is 11.3. The number of hydrogen-bond donors (Lipinski definition) is 0. The molecule has 0 bridgehead atoms. The van der Waals surface area contributed by atoms with E-state index in [1.54, 1.807) is 0 Å². The minimum atomic E-state index is 0.666. The maximum atomic E-state index is 6.27. The summed E-state index contributed by atoms with van der Waals surface area (Å²) in [5, 5.41) is 3.18. The summed E-state index contributed by atoms with van der Waals surface area (Å²) in [4.78, 5) is 19.9. The molecule has 0 aliphatic heterocycles. The van der Waals surface area contributed by atoms with Crippen LogP contribution >= 0.6 is 0 Å². The molecule has 0 saturated heterocycles. The fourth-order valence-electron chi connectivity index (χ4n) is 5.75. The predicted molar refractivity (Wildman–Crippen MR) is 170 cm³/mol. The van der Waals surface area contributed by atoms with E-state index in [0.717, 1.165) is 84.0 Å². The molecule has 8 aromatic rings. The molecule has 0 spiro atoms. The minimum absolute atomic E-state index is 0.666. The van der Waals surface area contributed by atoms with E-state index in [2.05, 4.69) is 73.7 Å². The number of nitrogens with zero attached hydrogens (tertiary/aromatic N) is 4. The average Bonchev–Trinajstić information content (AvgIpc) is 3.43. The normalized spacial score (nSPS) is 11.7. The van der Waals surface area contributed by atoms with Crippen molar-refractivity contribution in [3.05, 3.63) is 121 Å². The molecule has 0 fully saturated rings. The van der Waals surface area contributed by atoms with Gasteiger partial charge in [-0.1, -0.05) is 91.9 Å². The second kappa shape index (κ2) is 9.60. The second-order valence-electron chi connectivity index (χ2n) is 10.6. The molecule has 0 aliphatic carbocycles. The van der Waals surface area contributed by atoms with Crippen LogP contribution in [0.15, 0.2) is 114 Å². The van der Waals surface area contributed by atoms with Gasteiger partial charge in [0, 0.05) is 38.7 Å². The number of fused-ring (bicyclic) bond motifs is 6. The molecule has 8 rings (SSSR count). The van der Waals surface area contributed by atoms with Crippen LogP contribution in [0.2, 0.25) is 0 Å². The van der Waals surface area contributed by atoms with Gasteiger partial charge in [-0.25, -0.2) is 9.97 Å². The third kappa shape index (κ3) is 3.93. The first-order valence-corrected chi connectivity index (χ1v) is 14.2. The molecule has 0 aliphatic rings. The Morgan fingerprint density at radius 2 is 1.36 bits per heavy atom. The van der Waals surface area contributed by atoms with Crippen molar-refractivity contribution in [3.63, 3.8) is 0 Å². The second-order valence-corrected chi connectivity index (χ2v) is 10.6. The molecule has 4 aromatic heterocycles. The lowest BCUT2D eigenvalue weighted by atomic mass is 9.97. The van der Waals surface area contributed by atoms with Crippen molar-refractivity contribution >= 4 is 43.9 Å². The lowest BCUT2D eigenvalue weighted by Crippen LogP contribution is -1.95. The van der Waals surface area contributed by atoms with Crippen molar-refractivity contribution in [2.75, 3.05) is 0 Å². The first-order valence-electron chi connectivity index (χ1n) is 14.2. The van der Waals surface area contributed by atoms with Gasteiger partial charge in [-0.05, 0) is 48.7 Å². The Balaban J connectivity index is 1.30. The van der Waals surface area contributed by atoms with Gasteiger partial charge in [0.05, 0.1) is 11.0 Å². The molecule has 0 unspecified atom stereocenters. The molecule has 200 valence electrons. The fourth-order valence-corrected chi connectivity index (χ4v) is 5.75. The van der Waals surface area contributed by atoms with Crippen LogP contribution in [0.4, 0.5) is 0 Å². The van der Waals surface area contributed by atoms with Crippen LogP contribution < -0.4 is 0 Å². The lowest BCUT2D eigenvalue weighted by molar-refractivity contribution is 0.667. The summed E-state index contributed by atoms with van der Waals surface area (Å²) in [5.74, 6) is 0.666. The van der Waals surface area contributed by atoms with E-state index in [9.17, 15) is 0 Å². The number of rotatable bonds is 4. The van der Waals surface area contributed by atoms with Crippen molar-refractivity contribution in [3.8, 4) is 33.8 Å². The van der Waals surface area contributed by atoms with Gasteiger partial charge in [0.2, 0.25) is 0 Å². The zero-order valence-corrected chi connectivity index (χ0v) is 23.3. The molecule has 42 heavy (non-hydrogen) atoms. The SMILES string of the molecule is CCc1cc(-c2ccc(-c3nc(-c4ccccc4)c4oc5ccccc5c4n3)cc2)c2ccc3ccc(C)nc3c2n1. The van der Waals surface area contributed by atoms with Crippen molar-refractivity contribution < 1.29 is 4.42 Å². The first-order chi connectivity index (χ1) is 20.7. The molecule has 0 amide bonds. The molecule has 5 heteroatoms. The van der Waals surface area contributed by atoms with Gasteiger partial charge < -0.3 is 4.42 Å². The highest BCUT2D eigenvalue weighted by molar-refractivity contribution is 6.09. The monoisotopic (exact) mass is 542 g/mol. The van der Waals surface area contributed by atoms with Crippen LogP contribution in [-0.4, -0.2) is 19.9 Å². The van der Waals surface area contributed by atoms with Gasteiger partial charge in [0.15, 0.2) is 11.4 Å². The number of hydrogen-bond acceptors (Lipinski definition) is 5. The third-order valence-corrected chi connectivity index (χ3v) is 7.91. The van der Waals surface area contributed by atoms with Crippen LogP contribution in [0.25, 0.3) is 77.6 Å². The fraction of sp³-hybridized carbons (Fsp3) is 0.0811. The molecule has 4 heterocycles. The summed E-state index contributed by atoms with van der Waals surface area (Å²) >= 11 is 0. The van der Waals surface area contributed by atoms with E-state index in [1.807, 2.05) is 49.4 Å². The van der Waals surface area contributed by atoms with E-state index < -0.39 is 0 Å². The zero-order valence-electron chi connectivity index (χ0n) is 23.3. The molecule has 4 aromatic carbocycles. The summed E-state index contributed by atoms with van der Waals surface area (Å²) in [6, 6.07) is 37.4. The Morgan fingerprint density at radius 1 is 0.595 bits per heavy atom. The highest BCUT2D eigenvalue weighted by Gasteiger charge is 2.18. The minimum Gasteiger partial charge on any atom is -0.452 e. The molecule has 0 radical (unpaired) electrons. The highest BCUT2D eigenvalue weighted by atomic mass is 16.3. The van der Waals surface area contributed by atoms with Gasteiger partial charge >= 0.3 is 0 Å². The standard InChI is InChI=1S/C37H26N4O/c1-3-27-21-30(28-20-19-25-14-13-22(2)38-32(25)34(28)39-27)23-15-17-26(18-16-23)37-40-33(24-9-5-4-6-10-24)36-35(41-37)29-11-7-8-12-31(29)42-36/h4-21H,3H2,1-2H3. The number of para-hydroxylation sites is 1. The summed E-state index contributed by atoms with van der Waals surface area (Å²) < 4.78 is 6.27. The smallest absolute Gasteiger partial charge is 0.180 e. The molecule has 0 N–H and O–H groups in total. The Bertz CT molecular complexity index is 2290. The summed E-state index contributed by atoms with van der Waals surface area (Å²) in [7, 11) is 0. The van der Waals surface area contributed by atoms with Gasteiger partial charge in [-0.2, -0.15) is 0 Å². The number of aryl methyl sites for hydroxylation is 2. The van der Waals surface area contributed by atoms with Crippen molar-refractivity contribution in [2.45, 2.75) is 20.3 Å². The maximum absolute atomic E-state index is 6.27. The van der Waals surface area contributed by atoms with E-state index in [4.69, 9.17) is 24.4 Å². The largest absolute Gasteiger partial charge is 0.452 e. The van der Waals surface area contributed by atoms with E-state index >= 15 is 0 Å². The predicted octanol–water partition coefficient (Wildman–Crippen LogP) is 9.34. The van der Waals surface area contributed by atoms with Crippen LogP contribution in [0.5, 0.6) is 0 Å². The zero-order chi connectivity index (χ0) is 28.2. The Hall–Kier alpha value is -5.42. The number of aromatic nitrogens is 4. The van der Waals surface area contributed by atoms with Crippen molar-refractivity contribution in [2.24, 2.45) is 0 Å². The van der Waals surface area contributed by atoms with E-state index in [-0.39, 0.29) is 0 Å². The number of benzene rings is 4. The van der Waals surface area contributed by atoms with Crippen molar-refractivity contribution in [1.82, 2.24) is 19.9 Å². The molecular formula is C37H26N4O. The van der Waals surface area contributed by atoms with Gasteiger partial charge in [-0.3, -0.25) is 9.97 Å². The number of furan rings is 1. The Labute approximate surface area is 242 Å². The summed E-state index contributed by atoms with van der Waals surface area (Å²) in [6.45, 7) is 4.17. The average molecular weight is 543 g/mol. The molecule has 0 saturated carbocycles. The molecular weight excluding hydrogens is 516 g/mol. The first kappa shape index (κ1) is 24.4. The topological polar surface area (TPSA) is 64.7 Å². The van der Waals surface area contributed by atoms with Crippen LogP contribution in [0.3, 0.4) is 0 Å². The lowest BCUT2D eigenvalue weighted by Gasteiger charge is -2.12. The van der Waals surface area contributed by atoms with Gasteiger partial charge in [0.1, 0.15) is 16.8 Å². The van der Waals surface area contributed by atoms with E-state index in [0.29, 0.717) is 11.4 Å². The summed E-state index contributed by atoms with van der Waals surface area (Å²) in [6.07, 6.45) is 0.845.